The second-order valence-corrected chi connectivity index (χ2v) is 17.8. The summed E-state index contributed by atoms with van der Waals surface area (Å²) in [5.41, 5.74) is 2.11. The summed E-state index contributed by atoms with van der Waals surface area (Å²) in [6, 6.07) is 2.19. The molecule has 0 radical (unpaired) electrons. The van der Waals surface area contributed by atoms with E-state index in [-0.39, 0.29) is 47.6 Å². The minimum absolute atomic E-state index is 0.121. The molecular weight excluding hydrogens is 765 g/mol. The van der Waals surface area contributed by atoms with Crippen molar-refractivity contribution in [2.45, 2.75) is 85.5 Å². The Morgan fingerprint density at radius 1 is 0.772 bits per heavy atom. The van der Waals surface area contributed by atoms with Crippen LogP contribution in [0.3, 0.4) is 0 Å². The number of hydrogen-bond acceptors (Lipinski definition) is 10. The van der Waals surface area contributed by atoms with Crippen LogP contribution in [0.2, 0.25) is 0 Å². The summed E-state index contributed by atoms with van der Waals surface area (Å²) >= 11 is 3.18. The third kappa shape index (κ3) is 9.29. The number of nitrogens with one attached hydrogen (secondary N) is 4. The monoisotopic (exact) mass is 814 g/mol. The fraction of sp³-hybridized carbons (Fsp3) is 0.512. The number of fused-ring (bicyclic) bond motifs is 1. The Labute approximate surface area is 340 Å². The molecule has 16 heteroatoms. The predicted molar refractivity (Wildman–Crippen MR) is 218 cm³/mol. The molecule has 4 N–H and O–H groups in total. The number of hydrogen-bond donors (Lipinski definition) is 4. The molecular formula is C41H50N8O6S2. The van der Waals surface area contributed by atoms with Gasteiger partial charge in [-0.25, -0.2) is 19.6 Å². The van der Waals surface area contributed by atoms with Gasteiger partial charge in [0.05, 0.1) is 42.3 Å². The summed E-state index contributed by atoms with van der Waals surface area (Å²) in [5.74, 6) is 14.3. The molecule has 4 amide bonds. The van der Waals surface area contributed by atoms with E-state index in [2.05, 4.69) is 75.2 Å². The smallest absolute Gasteiger partial charge is 0.407 e. The summed E-state index contributed by atoms with van der Waals surface area (Å²) in [5, 5.41) is 5.39. The van der Waals surface area contributed by atoms with E-state index in [1.54, 1.807) is 33.8 Å². The summed E-state index contributed by atoms with van der Waals surface area (Å²) in [7, 11) is 2.57. The van der Waals surface area contributed by atoms with Gasteiger partial charge >= 0.3 is 12.2 Å². The van der Waals surface area contributed by atoms with Crippen molar-refractivity contribution in [3.63, 3.8) is 0 Å². The van der Waals surface area contributed by atoms with E-state index in [1.807, 2.05) is 39.5 Å². The lowest BCUT2D eigenvalue weighted by molar-refractivity contribution is -0.136. The lowest BCUT2D eigenvalue weighted by Gasteiger charge is -2.30. The van der Waals surface area contributed by atoms with Gasteiger partial charge in [-0.2, -0.15) is 0 Å². The number of aromatic nitrogens is 4. The summed E-state index contributed by atoms with van der Waals surface area (Å²) < 4.78 is 11.7. The zero-order valence-corrected chi connectivity index (χ0v) is 35.4. The van der Waals surface area contributed by atoms with Crippen LogP contribution in [0.5, 0.6) is 0 Å². The molecule has 6 atom stereocenters. The number of nitrogens with zero attached hydrogens (tertiary/aromatic N) is 4. The van der Waals surface area contributed by atoms with E-state index in [9.17, 15) is 19.2 Å². The number of H-pyrrole nitrogens is 2. The van der Waals surface area contributed by atoms with Gasteiger partial charge in [-0.15, -0.1) is 22.7 Å². The minimum atomic E-state index is -0.711. The van der Waals surface area contributed by atoms with Crippen LogP contribution < -0.4 is 10.6 Å². The maximum atomic E-state index is 13.7. The third-order valence-corrected chi connectivity index (χ3v) is 12.5. The Morgan fingerprint density at radius 3 is 1.75 bits per heavy atom. The number of aromatic amines is 2. The van der Waals surface area contributed by atoms with Crippen molar-refractivity contribution in [3.8, 4) is 23.7 Å². The second kappa shape index (κ2) is 17.4. The minimum Gasteiger partial charge on any atom is -0.453 e. The Hall–Kier alpha value is -5.32. The molecule has 0 aromatic carbocycles. The average molecular weight is 815 g/mol. The number of alkyl carbamates (subject to hydrolysis) is 2. The van der Waals surface area contributed by atoms with Gasteiger partial charge in [0.1, 0.15) is 35.1 Å². The van der Waals surface area contributed by atoms with E-state index in [4.69, 9.17) is 14.5 Å². The highest BCUT2D eigenvalue weighted by atomic mass is 32.1. The Kier molecular flexibility index (Phi) is 12.6. The van der Waals surface area contributed by atoms with E-state index >= 15 is 0 Å². The maximum Gasteiger partial charge on any atom is 0.407 e. The first kappa shape index (κ1) is 41.3. The van der Waals surface area contributed by atoms with Crippen molar-refractivity contribution in [3.05, 3.63) is 56.8 Å². The number of ether oxygens (including phenoxy) is 2. The van der Waals surface area contributed by atoms with Crippen LogP contribution in [0, 0.1) is 54.3 Å². The molecule has 0 saturated carbocycles. The van der Waals surface area contributed by atoms with E-state index < -0.39 is 24.3 Å². The lowest BCUT2D eigenvalue weighted by atomic mass is 10.0. The Balaban J connectivity index is 1.13. The average Bonchev–Trinajstić information content (AvgIpc) is 4.02. The molecule has 2 fully saturated rings. The van der Waals surface area contributed by atoms with Crippen LogP contribution in [0.15, 0.2) is 18.3 Å². The van der Waals surface area contributed by atoms with Crippen molar-refractivity contribution < 1.29 is 28.7 Å². The molecule has 2 aliphatic rings. The first-order valence-electron chi connectivity index (χ1n) is 19.1. The number of carbonyl (C=O) groups excluding carboxylic acids is 4. The van der Waals surface area contributed by atoms with Gasteiger partial charge in [0.15, 0.2) is 0 Å². The van der Waals surface area contributed by atoms with Gasteiger partial charge in [-0.05, 0) is 79.3 Å². The van der Waals surface area contributed by atoms with E-state index in [0.29, 0.717) is 36.1 Å². The molecule has 14 nitrogen and oxygen atoms in total. The van der Waals surface area contributed by atoms with Crippen LogP contribution in [0.25, 0.3) is 9.40 Å². The van der Waals surface area contributed by atoms with Crippen molar-refractivity contribution in [1.82, 2.24) is 40.4 Å². The van der Waals surface area contributed by atoms with Crippen LogP contribution in [-0.4, -0.2) is 93.1 Å². The lowest BCUT2D eigenvalue weighted by Crippen LogP contribution is -2.51. The number of carbonyl (C=O) groups is 4. The van der Waals surface area contributed by atoms with Crippen LogP contribution in [0.4, 0.5) is 9.59 Å². The number of thiophene rings is 2. The molecule has 4 aromatic rings. The van der Waals surface area contributed by atoms with Crippen LogP contribution >= 0.6 is 22.7 Å². The summed E-state index contributed by atoms with van der Waals surface area (Å²) in [6.07, 6.45) is 1.92. The van der Waals surface area contributed by atoms with Gasteiger partial charge in [-0.1, -0.05) is 41.5 Å². The van der Waals surface area contributed by atoms with Crippen LogP contribution in [-0.2, 0) is 19.1 Å². The Morgan fingerprint density at radius 2 is 1.26 bits per heavy atom. The highest BCUT2D eigenvalue weighted by Gasteiger charge is 2.41. The largest absolute Gasteiger partial charge is 0.453 e. The van der Waals surface area contributed by atoms with Gasteiger partial charge in [0, 0.05) is 28.2 Å². The van der Waals surface area contributed by atoms with Crippen molar-refractivity contribution >= 4 is 56.1 Å². The van der Waals surface area contributed by atoms with E-state index in [1.165, 1.54) is 14.2 Å². The third-order valence-electron chi connectivity index (χ3n) is 10.3. The fourth-order valence-electron chi connectivity index (χ4n) is 7.39. The number of rotatable bonds is 8. The highest BCUT2D eigenvalue weighted by Crippen LogP contribution is 2.37. The number of imidazole rings is 2. The summed E-state index contributed by atoms with van der Waals surface area (Å²) in [4.78, 5) is 72.8. The molecule has 0 unspecified atom stereocenters. The molecule has 302 valence electrons. The molecule has 2 aliphatic heterocycles. The molecule has 6 rings (SSSR count). The fourth-order valence-corrected chi connectivity index (χ4v) is 9.50. The van der Waals surface area contributed by atoms with Gasteiger partial charge < -0.3 is 39.9 Å². The van der Waals surface area contributed by atoms with Gasteiger partial charge in [0.2, 0.25) is 11.8 Å². The molecule has 4 aromatic heterocycles. The number of likely N-dealkylation sites (tertiary alicyclic amines) is 2. The number of aryl methyl sites for hydroxylation is 1. The predicted octanol–water partition coefficient (Wildman–Crippen LogP) is 6.10. The SMILES string of the molecule is COC(=O)N[C@H](C(=O)N1C[C@@H](C)C[C@H]1c1ncc(C#Cc2cc3sc(C#Cc4nc([C@@H]5C[C@H](C)CN5C(=O)[C@@H](NC(=O)OC)C(C)C)[nH]c4C)cc3s2)[nH]1)C(C)C. The molecule has 6 heterocycles. The van der Waals surface area contributed by atoms with Crippen molar-refractivity contribution in [1.29, 1.82) is 0 Å². The summed E-state index contributed by atoms with van der Waals surface area (Å²) in [6.45, 7) is 14.8. The topological polar surface area (TPSA) is 175 Å². The molecule has 0 aliphatic carbocycles. The van der Waals surface area contributed by atoms with Crippen LogP contribution in [0.1, 0.15) is 105 Å². The Bertz CT molecular complexity index is 2230. The zero-order chi connectivity index (χ0) is 41.1. The molecule has 0 spiro atoms. The molecule has 0 bridgehead atoms. The standard InChI is InChI=1S/C41H50N8O6S2/c1-21(2)34(46-40(52)54-8)38(50)48-19-23(5)14-30(48)36-42-18-26(44-36)10-11-27-16-32-33(56-27)17-28(57-32)12-13-29-25(7)43-37(45-29)31-15-24(6)20-49(31)39(51)35(22(3)4)47-41(53)55-9/h16-18,21-24,30-31,34-35H,14-15,19-20H2,1-9H3,(H,42,44)(H,43,45)(H,46,52)(H,47,53)/t23-,24-,30-,31-,34-,35-/m0/s1. The quantitative estimate of drug-likeness (QED) is 0.155. The van der Waals surface area contributed by atoms with Gasteiger partial charge in [0.25, 0.3) is 0 Å². The van der Waals surface area contributed by atoms with E-state index in [0.717, 1.165) is 37.7 Å². The number of amides is 4. The maximum absolute atomic E-state index is 13.7. The first-order chi connectivity index (χ1) is 27.1. The van der Waals surface area contributed by atoms with Gasteiger partial charge in [-0.3, -0.25) is 9.59 Å². The number of methoxy groups -OCH3 is 2. The molecule has 2 saturated heterocycles. The van der Waals surface area contributed by atoms with Crippen molar-refractivity contribution in [2.24, 2.45) is 23.7 Å². The second-order valence-electron chi connectivity index (χ2n) is 15.6. The van der Waals surface area contributed by atoms with Crippen molar-refractivity contribution in [2.75, 3.05) is 27.3 Å². The first-order valence-corrected chi connectivity index (χ1v) is 20.8. The molecule has 57 heavy (non-hydrogen) atoms. The normalized spacial score (nSPS) is 20.2. The highest BCUT2D eigenvalue weighted by molar-refractivity contribution is 7.28. The zero-order valence-electron chi connectivity index (χ0n) is 33.7.